The van der Waals surface area contributed by atoms with Crippen LogP contribution in [0, 0.1) is 0 Å². The molecule has 0 bridgehead atoms. The molecule has 30 heavy (non-hydrogen) atoms. The molecule has 0 atom stereocenters. The maximum Gasteiger partial charge on any atom is 0.416 e. The van der Waals surface area contributed by atoms with E-state index in [0.29, 0.717) is 0 Å². The molecule has 0 spiro atoms. The summed E-state index contributed by atoms with van der Waals surface area (Å²) in [6.07, 6.45) is -8.99. The van der Waals surface area contributed by atoms with Gasteiger partial charge < -0.3 is 9.80 Å². The van der Waals surface area contributed by atoms with Crippen molar-refractivity contribution < 1.29 is 35.9 Å². The molecule has 1 saturated heterocycles. The number of hydrogen-bond acceptors (Lipinski definition) is 2. The third-order valence-corrected chi connectivity index (χ3v) is 4.77. The van der Waals surface area contributed by atoms with Crippen LogP contribution in [0.4, 0.5) is 26.3 Å². The number of carbonyl (C=O) groups is 2. The molecule has 4 nitrogen and oxygen atoms in total. The summed E-state index contributed by atoms with van der Waals surface area (Å²) in [5.74, 6) is -0.907. The van der Waals surface area contributed by atoms with Gasteiger partial charge in [0.1, 0.15) is 0 Å². The fourth-order valence-corrected chi connectivity index (χ4v) is 3.08. The molecule has 0 saturated carbocycles. The largest absolute Gasteiger partial charge is 0.416 e. The topological polar surface area (TPSA) is 40.6 Å². The van der Waals surface area contributed by atoms with Gasteiger partial charge in [-0.2, -0.15) is 26.3 Å². The molecule has 3 rings (SSSR count). The van der Waals surface area contributed by atoms with E-state index >= 15 is 0 Å². The van der Waals surface area contributed by atoms with E-state index in [0.717, 1.165) is 48.5 Å². The first kappa shape index (κ1) is 21.7. The molecule has 1 aliphatic rings. The lowest BCUT2D eigenvalue weighted by atomic mass is 10.1. The van der Waals surface area contributed by atoms with Gasteiger partial charge in [-0.3, -0.25) is 9.59 Å². The highest BCUT2D eigenvalue weighted by Gasteiger charge is 2.32. The average molecular weight is 430 g/mol. The second-order valence-electron chi connectivity index (χ2n) is 6.73. The van der Waals surface area contributed by atoms with Crippen LogP contribution in [0.15, 0.2) is 48.5 Å². The van der Waals surface area contributed by atoms with E-state index in [9.17, 15) is 35.9 Å². The molecular formula is C20H16F6N2O2. The van der Waals surface area contributed by atoms with Crippen molar-refractivity contribution in [1.82, 2.24) is 9.80 Å². The van der Waals surface area contributed by atoms with Gasteiger partial charge in [-0.1, -0.05) is 0 Å². The number of hydrogen-bond donors (Lipinski definition) is 0. The van der Waals surface area contributed by atoms with Gasteiger partial charge in [0.05, 0.1) is 11.1 Å². The molecule has 1 fully saturated rings. The van der Waals surface area contributed by atoms with Crippen LogP contribution in [0.25, 0.3) is 0 Å². The number of carbonyl (C=O) groups excluding carboxylic acids is 2. The van der Waals surface area contributed by atoms with E-state index in [2.05, 4.69) is 0 Å². The normalized spacial score (nSPS) is 15.3. The molecule has 0 N–H and O–H groups in total. The van der Waals surface area contributed by atoms with Crippen molar-refractivity contribution in [1.29, 1.82) is 0 Å². The monoisotopic (exact) mass is 430 g/mol. The van der Waals surface area contributed by atoms with Gasteiger partial charge >= 0.3 is 12.4 Å². The van der Waals surface area contributed by atoms with Gasteiger partial charge in [0.15, 0.2) is 0 Å². The van der Waals surface area contributed by atoms with Crippen molar-refractivity contribution in [2.24, 2.45) is 0 Å². The average Bonchev–Trinajstić information content (AvgIpc) is 2.72. The van der Waals surface area contributed by atoms with Crippen molar-refractivity contribution in [2.45, 2.75) is 12.4 Å². The minimum Gasteiger partial charge on any atom is -0.335 e. The smallest absolute Gasteiger partial charge is 0.335 e. The fourth-order valence-electron chi connectivity index (χ4n) is 3.08. The number of rotatable bonds is 2. The minimum atomic E-state index is -4.49. The minimum absolute atomic E-state index is 0.102. The van der Waals surface area contributed by atoms with Crippen molar-refractivity contribution in [2.75, 3.05) is 26.2 Å². The van der Waals surface area contributed by atoms with Gasteiger partial charge in [-0.15, -0.1) is 0 Å². The van der Waals surface area contributed by atoms with Crippen molar-refractivity contribution >= 4 is 11.8 Å². The van der Waals surface area contributed by atoms with E-state index in [1.165, 1.54) is 9.80 Å². The van der Waals surface area contributed by atoms with Crippen molar-refractivity contribution in [3.63, 3.8) is 0 Å². The summed E-state index contributed by atoms with van der Waals surface area (Å²) in [6, 6.07) is 7.73. The van der Waals surface area contributed by atoms with E-state index in [1.54, 1.807) is 0 Å². The van der Waals surface area contributed by atoms with Crippen LogP contribution >= 0.6 is 0 Å². The summed E-state index contributed by atoms with van der Waals surface area (Å²) >= 11 is 0. The third kappa shape index (κ3) is 4.74. The number of halogens is 6. The molecule has 2 aromatic carbocycles. The summed E-state index contributed by atoms with van der Waals surface area (Å²) in [7, 11) is 0. The van der Waals surface area contributed by atoms with Crippen LogP contribution < -0.4 is 0 Å². The Bertz CT molecular complexity index is 835. The van der Waals surface area contributed by atoms with Crippen LogP contribution in [0.1, 0.15) is 31.8 Å². The molecule has 2 aromatic rings. The Morgan fingerprint density at radius 3 is 1.07 bits per heavy atom. The van der Waals surface area contributed by atoms with Crippen LogP contribution in [-0.2, 0) is 12.4 Å². The molecule has 2 amide bonds. The summed E-state index contributed by atoms with van der Waals surface area (Å²) < 4.78 is 75.8. The zero-order chi connectivity index (χ0) is 22.1. The highest BCUT2D eigenvalue weighted by atomic mass is 19.4. The van der Waals surface area contributed by atoms with E-state index in [-0.39, 0.29) is 37.3 Å². The summed E-state index contributed by atoms with van der Waals surface area (Å²) in [5, 5.41) is 0. The first-order valence-corrected chi connectivity index (χ1v) is 8.90. The van der Waals surface area contributed by atoms with Crippen molar-refractivity contribution in [3.8, 4) is 0 Å². The fraction of sp³-hybridized carbons (Fsp3) is 0.300. The lowest BCUT2D eigenvalue weighted by Gasteiger charge is -2.35. The number of piperazine rings is 1. The maximum atomic E-state index is 12.6. The quantitative estimate of drug-likeness (QED) is 0.666. The zero-order valence-corrected chi connectivity index (χ0v) is 15.4. The molecular weight excluding hydrogens is 414 g/mol. The second-order valence-corrected chi connectivity index (χ2v) is 6.73. The Morgan fingerprint density at radius 2 is 0.833 bits per heavy atom. The van der Waals surface area contributed by atoms with Crippen LogP contribution in [-0.4, -0.2) is 47.8 Å². The number of nitrogens with zero attached hydrogens (tertiary/aromatic N) is 2. The maximum absolute atomic E-state index is 12.6. The Morgan fingerprint density at radius 1 is 0.567 bits per heavy atom. The van der Waals surface area contributed by atoms with Gasteiger partial charge in [0.25, 0.3) is 11.8 Å². The SMILES string of the molecule is O=C(c1ccc(C(F)(F)F)cc1)N1CCN(C(=O)c2ccc(C(F)(F)F)cc2)CC1. The highest BCUT2D eigenvalue weighted by Crippen LogP contribution is 2.30. The van der Waals surface area contributed by atoms with Crippen LogP contribution in [0.5, 0.6) is 0 Å². The highest BCUT2D eigenvalue weighted by molar-refractivity contribution is 5.96. The summed E-state index contributed by atoms with van der Waals surface area (Å²) in [5.41, 5.74) is -1.51. The van der Waals surface area contributed by atoms with E-state index in [4.69, 9.17) is 0 Å². The molecule has 0 unspecified atom stereocenters. The standard InChI is InChI=1S/C20H16F6N2O2/c21-19(22,23)15-5-1-13(2-6-15)17(29)27-9-11-28(12-10-27)18(30)14-3-7-16(8-4-14)20(24,25)26/h1-8H,9-12H2. The Balaban J connectivity index is 1.60. The lowest BCUT2D eigenvalue weighted by molar-refractivity contribution is -0.138. The number of alkyl halides is 6. The van der Waals surface area contributed by atoms with Gasteiger partial charge in [-0.25, -0.2) is 0 Å². The molecule has 10 heteroatoms. The molecule has 0 aromatic heterocycles. The van der Waals surface area contributed by atoms with Crippen LogP contribution in [0.3, 0.4) is 0 Å². The van der Waals surface area contributed by atoms with Gasteiger partial charge in [0.2, 0.25) is 0 Å². The predicted octanol–water partition coefficient (Wildman–Crippen LogP) is 4.32. The molecule has 160 valence electrons. The zero-order valence-electron chi connectivity index (χ0n) is 15.4. The first-order chi connectivity index (χ1) is 14.0. The second kappa shape index (κ2) is 8.00. The third-order valence-electron chi connectivity index (χ3n) is 4.77. The Hall–Kier alpha value is -3.04. The Kier molecular flexibility index (Phi) is 5.78. The predicted molar refractivity (Wildman–Crippen MR) is 94.7 cm³/mol. The first-order valence-electron chi connectivity index (χ1n) is 8.90. The van der Waals surface area contributed by atoms with Gasteiger partial charge in [-0.05, 0) is 48.5 Å². The summed E-state index contributed by atoms with van der Waals surface area (Å²) in [6.45, 7) is 0.636. The van der Waals surface area contributed by atoms with E-state index < -0.39 is 35.3 Å². The van der Waals surface area contributed by atoms with Crippen molar-refractivity contribution in [3.05, 3.63) is 70.8 Å². The Labute approximate surface area is 167 Å². The van der Waals surface area contributed by atoms with E-state index in [1.807, 2.05) is 0 Å². The molecule has 0 radical (unpaired) electrons. The summed E-state index contributed by atoms with van der Waals surface area (Å²) in [4.78, 5) is 27.8. The molecule has 0 aliphatic carbocycles. The van der Waals surface area contributed by atoms with Gasteiger partial charge in [0, 0.05) is 37.3 Å². The molecule has 1 heterocycles. The van der Waals surface area contributed by atoms with Crippen LogP contribution in [0.2, 0.25) is 0 Å². The molecule has 1 aliphatic heterocycles. The lowest BCUT2D eigenvalue weighted by Crippen LogP contribution is -2.50. The number of benzene rings is 2. The number of amides is 2.